The highest BCUT2D eigenvalue weighted by Crippen LogP contribution is 2.31. The number of aromatic nitrogens is 1. The molecule has 174 valence electrons. The van der Waals surface area contributed by atoms with Gasteiger partial charge in [-0.25, -0.2) is 13.4 Å². The van der Waals surface area contributed by atoms with Crippen LogP contribution >= 0.6 is 11.3 Å². The maximum atomic E-state index is 12.7. The van der Waals surface area contributed by atoms with Gasteiger partial charge in [0.2, 0.25) is 10.0 Å². The van der Waals surface area contributed by atoms with Gasteiger partial charge in [0.15, 0.2) is 16.5 Å². The van der Waals surface area contributed by atoms with Crippen molar-refractivity contribution in [1.29, 1.82) is 0 Å². The molecule has 1 aliphatic rings. The molecule has 2 aromatic heterocycles. The Balaban J connectivity index is 1.25. The number of sulfonamides is 1. The number of nitrogens with zero attached hydrogens (tertiary/aromatic N) is 2. The molecule has 34 heavy (non-hydrogen) atoms. The number of para-hydroxylation sites is 1. The van der Waals surface area contributed by atoms with Crippen LogP contribution in [0.25, 0.3) is 21.0 Å². The average molecular weight is 497 g/mol. The highest BCUT2D eigenvalue weighted by atomic mass is 32.2. The number of benzene rings is 2. The van der Waals surface area contributed by atoms with Gasteiger partial charge in [-0.15, -0.1) is 11.3 Å². The summed E-state index contributed by atoms with van der Waals surface area (Å²) in [5.74, 6) is -0.858. The molecule has 0 radical (unpaired) electrons. The number of carbonyl (C=O) groups is 2. The summed E-state index contributed by atoms with van der Waals surface area (Å²) in [7, 11) is -3.66. The van der Waals surface area contributed by atoms with Crippen LogP contribution in [0.15, 0.2) is 70.0 Å². The highest BCUT2D eigenvalue weighted by Gasteiger charge is 2.27. The van der Waals surface area contributed by atoms with Gasteiger partial charge >= 0.3 is 5.91 Å². The van der Waals surface area contributed by atoms with Crippen LogP contribution in [0.1, 0.15) is 33.8 Å². The zero-order valence-electron chi connectivity index (χ0n) is 17.9. The predicted molar refractivity (Wildman–Crippen MR) is 127 cm³/mol. The van der Waals surface area contributed by atoms with Crippen LogP contribution in [-0.4, -0.2) is 42.6 Å². The van der Waals surface area contributed by atoms with Gasteiger partial charge in [-0.2, -0.15) is 4.31 Å². The second kappa shape index (κ2) is 9.01. The molecule has 11 heteroatoms. The van der Waals surface area contributed by atoms with Crippen LogP contribution in [0, 0.1) is 0 Å². The molecule has 4 aromatic rings. The summed E-state index contributed by atoms with van der Waals surface area (Å²) >= 11 is 1.44. The lowest BCUT2D eigenvalue weighted by molar-refractivity contribution is 0.0831. The first-order valence-electron chi connectivity index (χ1n) is 10.6. The van der Waals surface area contributed by atoms with Gasteiger partial charge in [0.05, 0.1) is 15.1 Å². The van der Waals surface area contributed by atoms with Crippen molar-refractivity contribution in [3.63, 3.8) is 0 Å². The van der Waals surface area contributed by atoms with Crippen molar-refractivity contribution < 1.29 is 22.4 Å². The summed E-state index contributed by atoms with van der Waals surface area (Å²) in [6.07, 6.45) is 1.64. The molecular formula is C23H20N4O5S2. The van der Waals surface area contributed by atoms with E-state index in [0.29, 0.717) is 23.9 Å². The number of hydrazine groups is 1. The van der Waals surface area contributed by atoms with Crippen LogP contribution in [0.3, 0.4) is 0 Å². The van der Waals surface area contributed by atoms with Crippen molar-refractivity contribution in [2.24, 2.45) is 0 Å². The number of furan rings is 1. The molecule has 2 aromatic carbocycles. The van der Waals surface area contributed by atoms with Crippen LogP contribution in [-0.2, 0) is 10.0 Å². The number of carbonyl (C=O) groups excluding carboxylic acids is 2. The largest absolute Gasteiger partial charge is 0.448 e. The van der Waals surface area contributed by atoms with Gasteiger partial charge in [-0.1, -0.05) is 18.2 Å². The Morgan fingerprint density at radius 3 is 2.50 bits per heavy atom. The topological polar surface area (TPSA) is 122 Å². The third-order valence-electron chi connectivity index (χ3n) is 5.42. The van der Waals surface area contributed by atoms with Crippen LogP contribution in [0.5, 0.6) is 0 Å². The van der Waals surface area contributed by atoms with E-state index in [4.69, 9.17) is 4.42 Å². The summed E-state index contributed by atoms with van der Waals surface area (Å²) < 4.78 is 33.5. The van der Waals surface area contributed by atoms with E-state index in [2.05, 4.69) is 15.8 Å². The second-order valence-electron chi connectivity index (χ2n) is 7.70. The van der Waals surface area contributed by atoms with E-state index >= 15 is 0 Å². The van der Waals surface area contributed by atoms with Gasteiger partial charge in [0.1, 0.15) is 0 Å². The normalized spacial score (nSPS) is 14.4. The number of rotatable bonds is 5. The molecule has 2 N–H and O–H groups in total. The molecule has 2 amide bonds. The lowest BCUT2D eigenvalue weighted by Gasteiger charge is -2.16. The van der Waals surface area contributed by atoms with Gasteiger partial charge in [0, 0.05) is 18.7 Å². The molecule has 0 bridgehead atoms. The molecule has 5 rings (SSSR count). The molecule has 0 spiro atoms. The van der Waals surface area contributed by atoms with E-state index in [-0.39, 0.29) is 16.2 Å². The van der Waals surface area contributed by atoms with E-state index < -0.39 is 21.8 Å². The van der Waals surface area contributed by atoms with E-state index in [1.54, 1.807) is 6.07 Å². The molecule has 1 saturated heterocycles. The fourth-order valence-corrected chi connectivity index (χ4v) is 6.17. The minimum absolute atomic E-state index is 0.0000759. The van der Waals surface area contributed by atoms with Crippen LogP contribution in [0.2, 0.25) is 0 Å². The second-order valence-corrected chi connectivity index (χ2v) is 10.7. The number of fused-ring (bicyclic) bond motifs is 1. The van der Waals surface area contributed by atoms with Crippen LogP contribution in [0.4, 0.5) is 0 Å². The van der Waals surface area contributed by atoms with Crippen molar-refractivity contribution in [3.8, 4) is 10.8 Å². The monoisotopic (exact) mass is 496 g/mol. The Labute approximate surface area is 199 Å². The van der Waals surface area contributed by atoms with Crippen molar-refractivity contribution in [1.82, 2.24) is 20.1 Å². The van der Waals surface area contributed by atoms with E-state index in [9.17, 15) is 18.0 Å². The third-order valence-corrected chi connectivity index (χ3v) is 8.37. The molecule has 0 unspecified atom stereocenters. The summed E-state index contributed by atoms with van der Waals surface area (Å²) in [6, 6.07) is 16.5. The molecule has 0 saturated carbocycles. The number of nitrogens with one attached hydrogen (secondary N) is 2. The highest BCUT2D eigenvalue weighted by molar-refractivity contribution is 7.89. The molecule has 3 heterocycles. The zero-order chi connectivity index (χ0) is 23.7. The van der Waals surface area contributed by atoms with Crippen molar-refractivity contribution in [3.05, 3.63) is 72.0 Å². The third kappa shape index (κ3) is 4.32. The molecule has 1 aliphatic heterocycles. The van der Waals surface area contributed by atoms with Gasteiger partial charge in [0.25, 0.3) is 5.91 Å². The molecular weight excluding hydrogens is 476 g/mol. The van der Waals surface area contributed by atoms with Crippen molar-refractivity contribution in [2.45, 2.75) is 17.7 Å². The molecule has 9 nitrogen and oxygen atoms in total. The minimum Gasteiger partial charge on any atom is -0.448 e. The predicted octanol–water partition coefficient (Wildman–Crippen LogP) is 3.42. The molecule has 0 atom stereocenters. The first kappa shape index (κ1) is 22.3. The Morgan fingerprint density at radius 1 is 0.941 bits per heavy atom. The lowest BCUT2D eigenvalue weighted by atomic mass is 10.2. The molecule has 1 fully saturated rings. The summed E-state index contributed by atoms with van der Waals surface area (Å²) in [5.41, 5.74) is 5.53. The number of amides is 2. The number of hydrogen-bond acceptors (Lipinski definition) is 7. The fraction of sp³-hybridized carbons (Fsp3) is 0.174. The summed E-state index contributed by atoms with van der Waals surface area (Å²) in [6.45, 7) is 0.938. The van der Waals surface area contributed by atoms with Gasteiger partial charge < -0.3 is 4.42 Å². The summed E-state index contributed by atoms with van der Waals surface area (Å²) in [5, 5.41) is 0.639. The van der Waals surface area contributed by atoms with Crippen molar-refractivity contribution in [2.75, 3.05) is 13.1 Å². The fourth-order valence-electron chi connectivity index (χ4n) is 3.68. The summed E-state index contributed by atoms with van der Waals surface area (Å²) in [4.78, 5) is 29.5. The Bertz CT molecular complexity index is 1450. The zero-order valence-corrected chi connectivity index (χ0v) is 19.5. The van der Waals surface area contributed by atoms with Crippen molar-refractivity contribution >= 4 is 43.4 Å². The van der Waals surface area contributed by atoms with E-state index in [0.717, 1.165) is 23.1 Å². The standard InChI is InChI=1S/C23H20N4O5S2/c28-21(15-6-5-7-16(14-15)34(30,31)27-12-3-4-13-27)25-26-22(29)18-10-11-19(32-18)23-24-17-8-1-2-9-20(17)33-23/h1-2,5-11,14H,3-4,12-13H2,(H,25,28)(H,26,29). The lowest BCUT2D eigenvalue weighted by Crippen LogP contribution is -2.41. The smallest absolute Gasteiger partial charge is 0.305 e. The first-order valence-corrected chi connectivity index (χ1v) is 12.8. The van der Waals surface area contributed by atoms with E-state index in [1.807, 2.05) is 24.3 Å². The number of hydrogen-bond donors (Lipinski definition) is 2. The van der Waals surface area contributed by atoms with E-state index in [1.165, 1.54) is 46.0 Å². The Morgan fingerprint density at radius 2 is 1.71 bits per heavy atom. The maximum absolute atomic E-state index is 12.7. The first-order chi connectivity index (χ1) is 16.4. The SMILES string of the molecule is O=C(NNC(=O)c1ccc(-c2nc3ccccc3s2)o1)c1cccc(S(=O)(=O)N2CCCC2)c1. The minimum atomic E-state index is -3.66. The van der Waals surface area contributed by atoms with Crippen LogP contribution < -0.4 is 10.9 Å². The maximum Gasteiger partial charge on any atom is 0.305 e. The van der Waals surface area contributed by atoms with Gasteiger partial charge in [-0.3, -0.25) is 20.4 Å². The Kier molecular flexibility index (Phi) is 5.90. The van der Waals surface area contributed by atoms with Gasteiger partial charge in [-0.05, 0) is 55.3 Å². The molecule has 0 aliphatic carbocycles. The average Bonchev–Trinajstić information content (AvgIpc) is 3.62. The Hall–Kier alpha value is -3.54. The quantitative estimate of drug-likeness (QED) is 0.409. The number of thiazole rings is 1.